The zero-order valence-corrected chi connectivity index (χ0v) is 36.7. The Bertz CT molecular complexity index is 3450. The molecule has 0 radical (unpaired) electrons. The van der Waals surface area contributed by atoms with Crippen molar-refractivity contribution in [3.63, 3.8) is 0 Å². The van der Waals surface area contributed by atoms with Crippen LogP contribution < -0.4 is 20.6 Å². The minimum atomic E-state index is -0.161. The highest BCUT2D eigenvalue weighted by atomic mass is 15.2. The van der Waals surface area contributed by atoms with Crippen molar-refractivity contribution in [2.75, 3.05) is 9.71 Å². The van der Waals surface area contributed by atoms with Crippen LogP contribution in [-0.4, -0.2) is 6.85 Å². The van der Waals surface area contributed by atoms with Gasteiger partial charge in [0.1, 0.15) is 0 Å². The van der Waals surface area contributed by atoms with Crippen molar-refractivity contribution in [1.29, 1.82) is 0 Å². The average Bonchev–Trinajstić information content (AvgIpc) is 3.67. The molecule has 63 heavy (non-hydrogen) atoms. The lowest BCUT2D eigenvalue weighted by atomic mass is 9.43. The maximum atomic E-state index is 2.73. The molecule has 2 aliphatic carbocycles. The molecule has 0 spiro atoms. The highest BCUT2D eigenvalue weighted by molar-refractivity contribution is 6.94. The number of nitrogens with zero attached hydrogens (tertiary/aromatic N) is 2. The normalized spacial score (nSPS) is 15.3. The molecule has 9 aromatic rings. The van der Waals surface area contributed by atoms with E-state index in [0.29, 0.717) is 0 Å². The molecule has 0 amide bonds. The first kappa shape index (κ1) is 36.5. The number of anilines is 5. The molecule has 13 rings (SSSR count). The molecule has 0 unspecified atom stereocenters. The maximum absolute atomic E-state index is 2.73. The van der Waals surface area contributed by atoms with E-state index in [4.69, 9.17) is 0 Å². The highest BCUT2D eigenvalue weighted by Gasteiger charge is 2.48. The van der Waals surface area contributed by atoms with Gasteiger partial charge in [-0.1, -0.05) is 167 Å². The van der Waals surface area contributed by atoms with Crippen LogP contribution in [0.15, 0.2) is 176 Å². The Morgan fingerprint density at radius 1 is 0.429 bits per heavy atom. The number of aryl methyl sites for hydroxylation is 2. The summed E-state index contributed by atoms with van der Waals surface area (Å²) < 4.78 is 0. The second-order valence-electron chi connectivity index (χ2n) is 19.4. The van der Waals surface area contributed by atoms with Crippen LogP contribution in [0.5, 0.6) is 0 Å². The van der Waals surface area contributed by atoms with E-state index < -0.39 is 0 Å². The monoisotopic (exact) mass is 806 g/mol. The Morgan fingerprint density at radius 2 is 1.10 bits per heavy atom. The summed E-state index contributed by atoms with van der Waals surface area (Å²) in [4.78, 5) is 5.35. The molecular weight excluding hydrogens is 759 g/mol. The predicted octanol–water partition coefficient (Wildman–Crippen LogP) is 14.4. The largest absolute Gasteiger partial charge is 0.376 e. The van der Waals surface area contributed by atoms with E-state index in [1.165, 1.54) is 128 Å². The van der Waals surface area contributed by atoms with Gasteiger partial charge in [-0.2, -0.15) is 0 Å². The van der Waals surface area contributed by atoms with Gasteiger partial charge in [0, 0.05) is 50.2 Å². The van der Waals surface area contributed by atoms with Crippen LogP contribution >= 0.6 is 0 Å². The van der Waals surface area contributed by atoms with Gasteiger partial charge in [0.15, 0.2) is 0 Å². The lowest BCUT2D eigenvalue weighted by Gasteiger charge is -2.47. The summed E-state index contributed by atoms with van der Waals surface area (Å²) in [6.07, 6.45) is 0. The zero-order valence-electron chi connectivity index (χ0n) is 36.7. The molecule has 300 valence electrons. The third-order valence-corrected chi connectivity index (χ3v) is 15.2. The molecule has 0 bridgehead atoms. The van der Waals surface area contributed by atoms with Crippen molar-refractivity contribution in [2.45, 2.75) is 52.4 Å². The first-order chi connectivity index (χ1) is 30.6. The van der Waals surface area contributed by atoms with E-state index in [-0.39, 0.29) is 17.7 Å². The van der Waals surface area contributed by atoms with Gasteiger partial charge in [-0.25, -0.2) is 0 Å². The van der Waals surface area contributed by atoms with Crippen LogP contribution in [0.3, 0.4) is 0 Å². The van der Waals surface area contributed by atoms with Crippen LogP contribution in [0.1, 0.15) is 61.1 Å². The molecule has 0 aromatic heterocycles. The van der Waals surface area contributed by atoms with Gasteiger partial charge < -0.3 is 9.71 Å². The molecule has 0 saturated carbocycles. The minimum absolute atomic E-state index is 0.0825. The Kier molecular flexibility index (Phi) is 7.39. The lowest BCUT2D eigenvalue weighted by molar-refractivity contribution is 0.660. The first-order valence-electron chi connectivity index (χ1n) is 22.5. The molecule has 4 aliphatic rings. The molecule has 2 heterocycles. The van der Waals surface area contributed by atoms with Crippen molar-refractivity contribution in [3.05, 3.63) is 209 Å². The Balaban J connectivity index is 1.15. The Hall–Kier alpha value is -7.10. The summed E-state index contributed by atoms with van der Waals surface area (Å²) in [6.45, 7) is 14.0. The van der Waals surface area contributed by atoms with Gasteiger partial charge in [-0.05, 0) is 139 Å². The topological polar surface area (TPSA) is 6.48 Å². The smallest absolute Gasteiger partial charge is 0.333 e. The van der Waals surface area contributed by atoms with Crippen molar-refractivity contribution < 1.29 is 0 Å². The van der Waals surface area contributed by atoms with E-state index in [9.17, 15) is 0 Å². The third kappa shape index (κ3) is 4.91. The number of fused-ring (bicyclic) bond motifs is 12. The van der Waals surface area contributed by atoms with Gasteiger partial charge in [0.25, 0.3) is 0 Å². The average molecular weight is 807 g/mol. The third-order valence-electron chi connectivity index (χ3n) is 15.2. The molecule has 2 nitrogen and oxygen atoms in total. The van der Waals surface area contributed by atoms with Crippen molar-refractivity contribution in [3.8, 4) is 44.5 Å². The van der Waals surface area contributed by atoms with E-state index >= 15 is 0 Å². The fraction of sp³-hybridized carbons (Fsp3) is 0.133. The van der Waals surface area contributed by atoms with Crippen LogP contribution in [0.25, 0.3) is 55.3 Å². The van der Waals surface area contributed by atoms with Crippen molar-refractivity contribution in [1.82, 2.24) is 0 Å². The van der Waals surface area contributed by atoms with Crippen LogP contribution in [0.4, 0.5) is 28.4 Å². The molecule has 2 aliphatic heterocycles. The van der Waals surface area contributed by atoms with E-state index in [1.807, 2.05) is 0 Å². The number of hydrogen-bond donors (Lipinski definition) is 0. The minimum Gasteiger partial charge on any atom is -0.376 e. The molecule has 9 aromatic carbocycles. The quantitative estimate of drug-likeness (QED) is 0.164. The van der Waals surface area contributed by atoms with Crippen LogP contribution in [0, 0.1) is 13.8 Å². The summed E-state index contributed by atoms with van der Waals surface area (Å²) in [5, 5.41) is 2.52. The number of benzene rings is 9. The lowest BCUT2D eigenvalue weighted by Crippen LogP contribution is -2.61. The van der Waals surface area contributed by atoms with Crippen molar-refractivity contribution >= 4 is 57.0 Å². The summed E-state index contributed by atoms with van der Waals surface area (Å²) in [6, 6.07) is 67.1. The number of rotatable bonds is 3. The SMILES string of the molecule is Cc1cc2c3c(c1)N(c1ccc(-c4ccccc4)cc1C)c1cc4c(cc1B3N(c1ccc3c(c1)-c1ccccc1C3(C)C)c1c-2ccc2ccccc12)-c1ccccc1C4(C)C. The van der Waals surface area contributed by atoms with Gasteiger partial charge in [-0.3, -0.25) is 0 Å². The van der Waals surface area contributed by atoms with E-state index in [1.54, 1.807) is 0 Å². The summed E-state index contributed by atoms with van der Waals surface area (Å²) >= 11 is 0. The molecule has 0 atom stereocenters. The van der Waals surface area contributed by atoms with Crippen molar-refractivity contribution in [2.24, 2.45) is 0 Å². The predicted molar refractivity (Wildman–Crippen MR) is 268 cm³/mol. The Labute approximate surface area is 371 Å². The van der Waals surface area contributed by atoms with E-state index in [0.717, 1.165) is 0 Å². The molecule has 0 N–H and O–H groups in total. The molecular formula is C60H47BN2. The van der Waals surface area contributed by atoms with Gasteiger partial charge in [0.05, 0.1) is 0 Å². The molecule has 0 fully saturated rings. The standard InChI is InChI=1S/C60H47BN2/c1-36-30-48-45-27-24-39-18-10-11-19-42(39)58(45)63(41-26-28-51-46(33-41)43-20-12-14-22-49(43)59(51,3)4)61-53-34-47-44-21-13-15-23-50(44)60(5,6)52(47)35-55(53)62(56(31-36)57(48)61)54-29-25-40(32-37(54)2)38-16-8-7-9-17-38/h7-35H,1-6H3. The van der Waals surface area contributed by atoms with Gasteiger partial charge in [-0.15, -0.1) is 0 Å². The number of hydrogen-bond acceptors (Lipinski definition) is 2. The summed E-state index contributed by atoms with van der Waals surface area (Å²) in [5.74, 6) is 0. The maximum Gasteiger partial charge on any atom is 0.333 e. The van der Waals surface area contributed by atoms with Crippen LogP contribution in [-0.2, 0) is 10.8 Å². The second kappa shape index (κ2) is 12.7. The highest BCUT2D eigenvalue weighted by Crippen LogP contribution is 2.55. The zero-order chi connectivity index (χ0) is 42.5. The molecule has 0 saturated heterocycles. The van der Waals surface area contributed by atoms with Crippen LogP contribution in [0.2, 0.25) is 0 Å². The van der Waals surface area contributed by atoms with Gasteiger partial charge in [0.2, 0.25) is 0 Å². The summed E-state index contributed by atoms with van der Waals surface area (Å²) in [7, 11) is 0. The second-order valence-corrected chi connectivity index (χ2v) is 19.4. The summed E-state index contributed by atoms with van der Waals surface area (Å²) in [5.41, 5.74) is 27.1. The first-order valence-corrected chi connectivity index (χ1v) is 22.5. The Morgan fingerprint density at radius 3 is 1.86 bits per heavy atom. The fourth-order valence-electron chi connectivity index (χ4n) is 12.2. The fourth-order valence-corrected chi connectivity index (χ4v) is 12.2. The van der Waals surface area contributed by atoms with Gasteiger partial charge >= 0.3 is 6.85 Å². The van der Waals surface area contributed by atoms with E-state index in [2.05, 4.69) is 227 Å². The molecule has 3 heteroatoms.